The molecule has 2 atom stereocenters. The molecule has 1 rings (SSSR count). The highest BCUT2D eigenvalue weighted by atomic mass is 19.4. The Kier molecular flexibility index (Phi) is 1.05. The van der Waals surface area contributed by atoms with Crippen molar-refractivity contribution in [3.63, 3.8) is 0 Å². The summed E-state index contributed by atoms with van der Waals surface area (Å²) in [5.74, 6) is -3.35. The summed E-state index contributed by atoms with van der Waals surface area (Å²) < 4.78 is 49.9. The lowest BCUT2D eigenvalue weighted by atomic mass is 10.3. The van der Waals surface area contributed by atoms with Crippen molar-refractivity contribution < 1.29 is 22.3 Å². The minimum atomic E-state index is -4.87. The number of hydrogen-bond acceptors (Lipinski definition) is 1. The third-order valence-electron chi connectivity index (χ3n) is 1.20. The van der Waals surface area contributed by atoms with Gasteiger partial charge in [0.2, 0.25) is 0 Å². The van der Waals surface area contributed by atoms with Crippen molar-refractivity contribution in [3.05, 3.63) is 0 Å². The molecule has 2 unspecified atom stereocenters. The number of rotatable bonds is 0. The molecule has 1 fully saturated rings. The Morgan fingerprint density at radius 3 is 1.78 bits per heavy atom. The molecule has 0 aromatic rings. The first-order chi connectivity index (χ1) is 3.88. The van der Waals surface area contributed by atoms with E-state index in [0.717, 1.165) is 6.92 Å². The molecule has 1 saturated heterocycles. The molecule has 0 aromatic heterocycles. The maximum Gasteiger partial charge on any atom is 0.451 e. The largest absolute Gasteiger partial charge is 0.451 e. The van der Waals surface area contributed by atoms with Gasteiger partial charge in [-0.2, -0.15) is 17.6 Å². The highest BCUT2D eigenvalue weighted by molar-refractivity contribution is 4.96. The van der Waals surface area contributed by atoms with Gasteiger partial charge in [0.1, 0.15) is 6.10 Å². The quantitative estimate of drug-likeness (QED) is 0.372. The van der Waals surface area contributed by atoms with Crippen LogP contribution in [-0.4, -0.2) is 18.1 Å². The molecule has 0 radical (unpaired) electrons. The van der Waals surface area contributed by atoms with Gasteiger partial charge < -0.3 is 4.74 Å². The van der Waals surface area contributed by atoms with Crippen molar-refractivity contribution in [2.75, 3.05) is 0 Å². The summed E-state index contributed by atoms with van der Waals surface area (Å²) in [5, 5.41) is 0. The van der Waals surface area contributed by atoms with E-state index in [1.807, 2.05) is 0 Å². The summed E-state index contributed by atoms with van der Waals surface area (Å²) in [6.07, 6.45) is -6.20. The van der Waals surface area contributed by atoms with Gasteiger partial charge in [-0.05, 0) is 6.92 Å². The summed E-state index contributed by atoms with van der Waals surface area (Å²) in [6.45, 7) is 1.04. The topological polar surface area (TPSA) is 12.5 Å². The van der Waals surface area contributed by atoms with E-state index in [4.69, 9.17) is 0 Å². The van der Waals surface area contributed by atoms with Crippen molar-refractivity contribution >= 4 is 0 Å². The molecule has 1 nitrogen and oxygen atoms in total. The number of alkyl halides is 4. The van der Waals surface area contributed by atoms with Crippen LogP contribution in [0.1, 0.15) is 6.92 Å². The predicted molar refractivity (Wildman–Crippen MR) is 20.4 cm³/mol. The number of halogens is 4. The van der Waals surface area contributed by atoms with E-state index in [9.17, 15) is 17.6 Å². The van der Waals surface area contributed by atoms with Gasteiger partial charge >= 0.3 is 12.0 Å². The van der Waals surface area contributed by atoms with Gasteiger partial charge in [0.05, 0.1) is 0 Å². The van der Waals surface area contributed by atoms with Gasteiger partial charge in [0, 0.05) is 0 Å². The molecule has 0 saturated carbocycles. The predicted octanol–water partition coefficient (Wildman–Crippen LogP) is 1.63. The summed E-state index contributed by atoms with van der Waals surface area (Å²) in [4.78, 5) is 0. The van der Waals surface area contributed by atoms with Crippen molar-refractivity contribution in [3.8, 4) is 0 Å². The van der Waals surface area contributed by atoms with Crippen LogP contribution < -0.4 is 0 Å². The van der Waals surface area contributed by atoms with Crippen molar-refractivity contribution in [2.45, 2.75) is 25.1 Å². The van der Waals surface area contributed by atoms with E-state index in [1.165, 1.54) is 0 Å². The summed E-state index contributed by atoms with van der Waals surface area (Å²) in [7, 11) is 0. The van der Waals surface area contributed by atoms with Crippen LogP contribution in [0.3, 0.4) is 0 Å². The molecule has 0 aliphatic carbocycles. The first-order valence-electron chi connectivity index (χ1n) is 2.31. The summed E-state index contributed by atoms with van der Waals surface area (Å²) in [6, 6.07) is 0. The van der Waals surface area contributed by atoms with Crippen LogP contribution in [0.5, 0.6) is 0 Å². The van der Waals surface area contributed by atoms with Crippen LogP contribution in [-0.2, 0) is 4.74 Å². The van der Waals surface area contributed by atoms with Crippen LogP contribution in [0, 0.1) is 0 Å². The Morgan fingerprint density at radius 1 is 1.44 bits per heavy atom. The van der Waals surface area contributed by atoms with E-state index in [-0.39, 0.29) is 0 Å². The Balaban J connectivity index is 2.64. The van der Waals surface area contributed by atoms with Crippen molar-refractivity contribution in [1.29, 1.82) is 0 Å². The number of hydrogen-bond donors (Lipinski definition) is 0. The standard InChI is InChI=1S/C4H4F4O/c1-2-3(5,9-2)4(6,7)8/h2H,1H3. The third kappa shape index (κ3) is 0.793. The van der Waals surface area contributed by atoms with Crippen LogP contribution in [0.15, 0.2) is 0 Å². The second-order valence-electron chi connectivity index (χ2n) is 1.90. The van der Waals surface area contributed by atoms with Crippen LogP contribution >= 0.6 is 0 Å². The Labute approximate surface area is 48.6 Å². The SMILES string of the molecule is CC1OC1(F)C(F)(F)F. The molecule has 1 aliphatic rings. The van der Waals surface area contributed by atoms with Crippen LogP contribution in [0.25, 0.3) is 0 Å². The second-order valence-corrected chi connectivity index (χ2v) is 1.90. The fraction of sp³-hybridized carbons (Fsp3) is 1.00. The second kappa shape index (κ2) is 1.39. The minimum Gasteiger partial charge on any atom is -0.327 e. The fourth-order valence-electron chi connectivity index (χ4n) is 0.521. The summed E-state index contributed by atoms with van der Waals surface area (Å²) in [5.41, 5.74) is 0. The molecule has 1 heterocycles. The van der Waals surface area contributed by atoms with E-state index in [0.29, 0.717) is 0 Å². The van der Waals surface area contributed by atoms with Crippen LogP contribution in [0.4, 0.5) is 17.6 Å². The zero-order valence-corrected chi connectivity index (χ0v) is 4.50. The molecule has 0 amide bonds. The van der Waals surface area contributed by atoms with E-state index >= 15 is 0 Å². The lowest BCUT2D eigenvalue weighted by Gasteiger charge is -2.05. The van der Waals surface area contributed by atoms with Gasteiger partial charge in [0.25, 0.3) is 0 Å². The molecule has 5 heteroatoms. The van der Waals surface area contributed by atoms with Crippen molar-refractivity contribution in [1.82, 2.24) is 0 Å². The maximum atomic E-state index is 12.1. The van der Waals surface area contributed by atoms with E-state index in [1.54, 1.807) is 0 Å². The normalized spacial score (nSPS) is 43.0. The van der Waals surface area contributed by atoms with Gasteiger partial charge in [-0.15, -0.1) is 0 Å². The van der Waals surface area contributed by atoms with Gasteiger partial charge in [-0.1, -0.05) is 0 Å². The van der Waals surface area contributed by atoms with Gasteiger partial charge in [-0.25, -0.2) is 0 Å². The first kappa shape index (κ1) is 6.80. The Morgan fingerprint density at radius 2 is 1.78 bits per heavy atom. The zero-order valence-electron chi connectivity index (χ0n) is 4.50. The molecule has 0 spiro atoms. The molecular formula is C4H4F4O. The molecule has 54 valence electrons. The fourth-order valence-corrected chi connectivity index (χ4v) is 0.521. The van der Waals surface area contributed by atoms with Gasteiger partial charge in [0.15, 0.2) is 0 Å². The minimum absolute atomic E-state index is 1.04. The number of ether oxygens (including phenoxy) is 1. The molecule has 0 bridgehead atoms. The smallest absolute Gasteiger partial charge is 0.327 e. The zero-order chi connectivity index (χ0) is 7.28. The summed E-state index contributed by atoms with van der Waals surface area (Å²) >= 11 is 0. The highest BCUT2D eigenvalue weighted by Crippen LogP contribution is 2.50. The lowest BCUT2D eigenvalue weighted by molar-refractivity contribution is -0.225. The molecule has 9 heavy (non-hydrogen) atoms. The molecule has 0 N–H and O–H groups in total. The van der Waals surface area contributed by atoms with E-state index in [2.05, 4.69) is 4.74 Å². The van der Waals surface area contributed by atoms with Crippen LogP contribution in [0.2, 0.25) is 0 Å². The average Bonchev–Trinajstić information content (AvgIpc) is 2.13. The monoisotopic (exact) mass is 144 g/mol. The third-order valence-corrected chi connectivity index (χ3v) is 1.20. The number of epoxide rings is 1. The highest BCUT2D eigenvalue weighted by Gasteiger charge is 2.73. The lowest BCUT2D eigenvalue weighted by Crippen LogP contribution is -2.29. The first-order valence-corrected chi connectivity index (χ1v) is 2.31. The average molecular weight is 144 g/mol. The Bertz CT molecular complexity index is 131. The van der Waals surface area contributed by atoms with E-state index < -0.39 is 18.1 Å². The molecular weight excluding hydrogens is 140 g/mol. The molecule has 1 aliphatic heterocycles. The maximum absolute atomic E-state index is 12.1. The molecule has 0 aromatic carbocycles. The van der Waals surface area contributed by atoms with Gasteiger partial charge in [-0.3, -0.25) is 0 Å². The van der Waals surface area contributed by atoms with Crippen molar-refractivity contribution in [2.24, 2.45) is 0 Å². The Hall–Kier alpha value is -0.320.